The molecule has 3 aromatic carbocycles. The van der Waals surface area contributed by atoms with Gasteiger partial charge in [0.1, 0.15) is 5.82 Å². The van der Waals surface area contributed by atoms with Crippen molar-refractivity contribution in [3.05, 3.63) is 95.9 Å². The first-order chi connectivity index (χ1) is 14.3. The van der Waals surface area contributed by atoms with Gasteiger partial charge in [-0.2, -0.15) is 13.2 Å². The standard InChI is InChI=1S/C23H14F4N2O/c24-15-8-4-9-16(12-15)29-22(30)18-13-28-21-17(10-5-11-19(21)23(25,26)27)20(18)14-6-2-1-3-7-14/h1-13H,(H,29,30). The molecular formula is C23H14F4N2O. The predicted octanol–water partition coefficient (Wildman–Crippen LogP) is 6.31. The number of aromatic nitrogens is 1. The van der Waals surface area contributed by atoms with Crippen molar-refractivity contribution in [2.24, 2.45) is 0 Å². The summed E-state index contributed by atoms with van der Waals surface area (Å²) in [7, 11) is 0. The van der Waals surface area contributed by atoms with E-state index in [-0.39, 0.29) is 22.2 Å². The van der Waals surface area contributed by atoms with Crippen molar-refractivity contribution in [1.82, 2.24) is 4.98 Å². The summed E-state index contributed by atoms with van der Waals surface area (Å²) in [5, 5.41) is 2.77. The molecule has 4 aromatic rings. The maximum atomic E-state index is 13.5. The van der Waals surface area contributed by atoms with E-state index < -0.39 is 23.5 Å². The van der Waals surface area contributed by atoms with Gasteiger partial charge in [0.25, 0.3) is 5.91 Å². The Hall–Kier alpha value is -3.74. The van der Waals surface area contributed by atoms with E-state index in [9.17, 15) is 22.4 Å². The fraction of sp³-hybridized carbons (Fsp3) is 0.0435. The first kappa shape index (κ1) is 19.6. The third-order valence-electron chi connectivity index (χ3n) is 4.59. The van der Waals surface area contributed by atoms with Crippen LogP contribution in [0.1, 0.15) is 15.9 Å². The Morgan fingerprint density at radius 1 is 0.900 bits per heavy atom. The van der Waals surface area contributed by atoms with E-state index in [1.807, 2.05) is 0 Å². The van der Waals surface area contributed by atoms with E-state index in [0.717, 1.165) is 18.3 Å². The third kappa shape index (κ3) is 3.74. The van der Waals surface area contributed by atoms with Crippen LogP contribution in [0.15, 0.2) is 79.0 Å². The molecule has 0 atom stereocenters. The number of hydrogen-bond acceptors (Lipinski definition) is 2. The molecule has 0 saturated heterocycles. The van der Waals surface area contributed by atoms with E-state index in [4.69, 9.17) is 0 Å². The molecule has 1 heterocycles. The smallest absolute Gasteiger partial charge is 0.322 e. The zero-order valence-electron chi connectivity index (χ0n) is 15.4. The Balaban J connectivity index is 1.92. The lowest BCUT2D eigenvalue weighted by Crippen LogP contribution is -2.15. The van der Waals surface area contributed by atoms with Crippen LogP contribution in [-0.2, 0) is 6.18 Å². The van der Waals surface area contributed by atoms with Gasteiger partial charge in [-0.05, 0) is 29.8 Å². The summed E-state index contributed by atoms with van der Waals surface area (Å²) in [5.41, 5.74) is 0.0649. The number of benzene rings is 3. The maximum absolute atomic E-state index is 13.5. The lowest BCUT2D eigenvalue weighted by Gasteiger charge is -2.16. The molecule has 0 radical (unpaired) electrons. The minimum atomic E-state index is -4.59. The number of rotatable bonds is 3. The summed E-state index contributed by atoms with van der Waals surface area (Å²) < 4.78 is 53.9. The average molecular weight is 410 g/mol. The highest BCUT2D eigenvalue weighted by atomic mass is 19.4. The van der Waals surface area contributed by atoms with Gasteiger partial charge < -0.3 is 5.32 Å². The van der Waals surface area contributed by atoms with Gasteiger partial charge in [0.05, 0.1) is 16.6 Å². The monoisotopic (exact) mass is 410 g/mol. The molecule has 0 saturated carbocycles. The first-order valence-electron chi connectivity index (χ1n) is 8.96. The number of fused-ring (bicyclic) bond motifs is 1. The number of alkyl halides is 3. The highest BCUT2D eigenvalue weighted by Crippen LogP contribution is 2.38. The third-order valence-corrected chi connectivity index (χ3v) is 4.59. The van der Waals surface area contributed by atoms with Gasteiger partial charge in [-0.1, -0.05) is 48.5 Å². The molecule has 0 aliphatic rings. The summed E-state index contributed by atoms with van der Waals surface area (Å²) in [6, 6.07) is 17.7. The minimum Gasteiger partial charge on any atom is -0.322 e. The Kier molecular flexibility index (Phi) is 4.95. The van der Waals surface area contributed by atoms with Crippen molar-refractivity contribution in [2.75, 3.05) is 5.32 Å². The second kappa shape index (κ2) is 7.59. The molecule has 150 valence electrons. The second-order valence-electron chi connectivity index (χ2n) is 6.58. The van der Waals surface area contributed by atoms with Crippen molar-refractivity contribution in [1.29, 1.82) is 0 Å². The fourth-order valence-corrected chi connectivity index (χ4v) is 3.30. The minimum absolute atomic E-state index is 0.0808. The van der Waals surface area contributed by atoms with E-state index in [0.29, 0.717) is 11.1 Å². The molecule has 0 fully saturated rings. The summed E-state index contributed by atoms with van der Waals surface area (Å²) in [6.07, 6.45) is -3.47. The number of carbonyl (C=O) groups excluding carboxylic acids is 1. The number of halogens is 4. The molecule has 4 rings (SSSR count). The SMILES string of the molecule is O=C(Nc1cccc(F)c1)c1cnc2c(C(F)(F)F)cccc2c1-c1ccccc1. The Morgan fingerprint density at radius 3 is 2.33 bits per heavy atom. The zero-order chi connectivity index (χ0) is 21.3. The fourth-order valence-electron chi connectivity index (χ4n) is 3.30. The van der Waals surface area contributed by atoms with Gasteiger partial charge in [-0.3, -0.25) is 9.78 Å². The molecule has 3 nitrogen and oxygen atoms in total. The van der Waals surface area contributed by atoms with Crippen LogP contribution in [0, 0.1) is 5.82 Å². The molecular weight excluding hydrogens is 396 g/mol. The predicted molar refractivity (Wildman–Crippen MR) is 107 cm³/mol. The van der Waals surface area contributed by atoms with Crippen LogP contribution in [0.25, 0.3) is 22.0 Å². The van der Waals surface area contributed by atoms with E-state index >= 15 is 0 Å². The van der Waals surface area contributed by atoms with Crippen LogP contribution in [-0.4, -0.2) is 10.9 Å². The van der Waals surface area contributed by atoms with Crippen molar-refractivity contribution in [3.63, 3.8) is 0 Å². The van der Waals surface area contributed by atoms with Gasteiger partial charge in [0, 0.05) is 22.8 Å². The number of pyridine rings is 1. The average Bonchev–Trinajstić information content (AvgIpc) is 2.72. The number of anilines is 1. The highest BCUT2D eigenvalue weighted by molar-refractivity contribution is 6.13. The Bertz CT molecular complexity index is 1240. The molecule has 1 N–H and O–H groups in total. The van der Waals surface area contributed by atoms with Crippen LogP contribution in [0.4, 0.5) is 23.2 Å². The first-order valence-corrected chi connectivity index (χ1v) is 8.96. The summed E-state index contributed by atoms with van der Waals surface area (Å²) in [5.74, 6) is -1.13. The lowest BCUT2D eigenvalue weighted by molar-refractivity contribution is -0.136. The number of nitrogens with zero attached hydrogens (tertiary/aromatic N) is 1. The normalized spacial score (nSPS) is 11.5. The van der Waals surface area contributed by atoms with Crippen molar-refractivity contribution < 1.29 is 22.4 Å². The van der Waals surface area contributed by atoms with E-state index in [1.165, 1.54) is 30.3 Å². The highest BCUT2D eigenvalue weighted by Gasteiger charge is 2.34. The van der Waals surface area contributed by atoms with Crippen LogP contribution in [0.2, 0.25) is 0 Å². The zero-order valence-corrected chi connectivity index (χ0v) is 15.4. The van der Waals surface area contributed by atoms with Crippen LogP contribution < -0.4 is 5.32 Å². The second-order valence-corrected chi connectivity index (χ2v) is 6.58. The van der Waals surface area contributed by atoms with E-state index in [1.54, 1.807) is 30.3 Å². The van der Waals surface area contributed by atoms with Crippen LogP contribution in [0.3, 0.4) is 0 Å². The Labute approximate surface area is 169 Å². The van der Waals surface area contributed by atoms with Crippen molar-refractivity contribution >= 4 is 22.5 Å². The van der Waals surface area contributed by atoms with Crippen molar-refractivity contribution in [3.8, 4) is 11.1 Å². The Morgan fingerprint density at radius 2 is 1.63 bits per heavy atom. The van der Waals surface area contributed by atoms with Gasteiger partial charge in [0.15, 0.2) is 0 Å². The van der Waals surface area contributed by atoms with Gasteiger partial charge in [-0.25, -0.2) is 4.39 Å². The van der Waals surface area contributed by atoms with Crippen LogP contribution in [0.5, 0.6) is 0 Å². The lowest BCUT2D eigenvalue weighted by atomic mass is 9.94. The largest absolute Gasteiger partial charge is 0.418 e. The number of hydrogen-bond donors (Lipinski definition) is 1. The molecule has 0 aliphatic heterocycles. The van der Waals surface area contributed by atoms with Crippen molar-refractivity contribution in [2.45, 2.75) is 6.18 Å². The molecule has 0 aliphatic carbocycles. The molecule has 1 aromatic heterocycles. The number of amides is 1. The molecule has 1 amide bonds. The van der Waals surface area contributed by atoms with Crippen LogP contribution >= 0.6 is 0 Å². The van der Waals surface area contributed by atoms with Gasteiger partial charge >= 0.3 is 6.18 Å². The maximum Gasteiger partial charge on any atom is 0.418 e. The summed E-state index contributed by atoms with van der Waals surface area (Å²) in [6.45, 7) is 0. The quantitative estimate of drug-likeness (QED) is 0.402. The molecule has 30 heavy (non-hydrogen) atoms. The van der Waals surface area contributed by atoms with E-state index in [2.05, 4.69) is 10.3 Å². The molecule has 0 unspecified atom stereocenters. The molecule has 0 bridgehead atoms. The van der Waals surface area contributed by atoms with Gasteiger partial charge in [-0.15, -0.1) is 0 Å². The number of para-hydroxylation sites is 1. The number of carbonyl (C=O) groups is 1. The molecule has 0 spiro atoms. The van der Waals surface area contributed by atoms with Gasteiger partial charge in [0.2, 0.25) is 0 Å². The number of nitrogens with one attached hydrogen (secondary N) is 1. The summed E-state index contributed by atoms with van der Waals surface area (Å²) >= 11 is 0. The molecule has 7 heteroatoms. The summed E-state index contributed by atoms with van der Waals surface area (Å²) in [4.78, 5) is 16.9. The topological polar surface area (TPSA) is 42.0 Å².